The summed E-state index contributed by atoms with van der Waals surface area (Å²) in [5, 5.41) is 2.38. The summed E-state index contributed by atoms with van der Waals surface area (Å²) in [6.45, 7) is 1.57. The maximum atomic E-state index is 6.65. The minimum absolute atomic E-state index is 0.267. The lowest BCUT2D eigenvalue weighted by molar-refractivity contribution is 0.139. The molecule has 1 aliphatic heterocycles. The topological polar surface area (TPSA) is 48.1 Å². The summed E-state index contributed by atoms with van der Waals surface area (Å²) >= 11 is 0. The summed E-state index contributed by atoms with van der Waals surface area (Å²) in [4.78, 5) is 4.17. The van der Waals surface area contributed by atoms with Gasteiger partial charge in [0.25, 0.3) is 0 Å². The van der Waals surface area contributed by atoms with E-state index in [0.717, 1.165) is 37.9 Å². The van der Waals surface area contributed by atoms with E-state index in [0.29, 0.717) is 0 Å². The van der Waals surface area contributed by atoms with Crippen molar-refractivity contribution in [2.45, 2.75) is 24.8 Å². The van der Waals surface area contributed by atoms with Crippen LogP contribution in [0.25, 0.3) is 10.8 Å². The molecule has 3 rings (SSSR count). The van der Waals surface area contributed by atoms with Gasteiger partial charge >= 0.3 is 0 Å². The van der Waals surface area contributed by atoms with Gasteiger partial charge < -0.3 is 10.5 Å². The fraction of sp³-hybridized carbons (Fsp3) is 0.400. The molecule has 18 heavy (non-hydrogen) atoms. The normalized spacial score (nSPS) is 24.9. The molecule has 2 N–H and O–H groups in total. The summed E-state index contributed by atoms with van der Waals surface area (Å²) in [6, 6.07) is 8.36. The number of pyridine rings is 1. The van der Waals surface area contributed by atoms with Crippen molar-refractivity contribution in [1.29, 1.82) is 0 Å². The number of ether oxygens (including phenoxy) is 1. The van der Waals surface area contributed by atoms with E-state index in [1.54, 1.807) is 0 Å². The molecular formula is C15H18N2O. The second kappa shape index (κ2) is 4.67. The Kier molecular flexibility index (Phi) is 3.02. The van der Waals surface area contributed by atoms with Crippen molar-refractivity contribution in [3.63, 3.8) is 0 Å². The van der Waals surface area contributed by atoms with Gasteiger partial charge in [-0.2, -0.15) is 0 Å². The molecule has 3 heteroatoms. The number of benzene rings is 1. The van der Waals surface area contributed by atoms with Crippen LogP contribution in [0.15, 0.2) is 36.7 Å². The molecular weight excluding hydrogens is 224 g/mol. The molecule has 0 aliphatic carbocycles. The van der Waals surface area contributed by atoms with Crippen LogP contribution in [-0.4, -0.2) is 18.2 Å². The lowest BCUT2D eigenvalue weighted by Gasteiger charge is -2.29. The van der Waals surface area contributed by atoms with E-state index >= 15 is 0 Å². The van der Waals surface area contributed by atoms with Crippen molar-refractivity contribution in [2.24, 2.45) is 5.73 Å². The second-order valence-corrected chi connectivity index (χ2v) is 5.02. The highest BCUT2D eigenvalue weighted by molar-refractivity contribution is 5.85. The van der Waals surface area contributed by atoms with E-state index < -0.39 is 0 Å². The standard InChI is InChI=1S/C15H18N2O/c16-15(6-2-9-18-10-7-15)14-4-1-3-12-11-17-8-5-13(12)14/h1,3-5,8,11H,2,6-7,9-10,16H2. The van der Waals surface area contributed by atoms with Crippen LogP contribution in [-0.2, 0) is 10.3 Å². The zero-order valence-electron chi connectivity index (χ0n) is 10.4. The van der Waals surface area contributed by atoms with Crippen LogP contribution in [0.5, 0.6) is 0 Å². The van der Waals surface area contributed by atoms with Crippen LogP contribution >= 0.6 is 0 Å². The highest BCUT2D eigenvalue weighted by Crippen LogP contribution is 2.34. The van der Waals surface area contributed by atoms with E-state index in [-0.39, 0.29) is 5.54 Å². The average molecular weight is 242 g/mol. The number of nitrogens with two attached hydrogens (primary N) is 1. The van der Waals surface area contributed by atoms with Gasteiger partial charge in [-0.3, -0.25) is 4.98 Å². The second-order valence-electron chi connectivity index (χ2n) is 5.02. The number of rotatable bonds is 1. The molecule has 1 aromatic heterocycles. The molecule has 1 atom stereocenters. The Balaban J connectivity index is 2.12. The van der Waals surface area contributed by atoms with Crippen molar-refractivity contribution in [3.05, 3.63) is 42.2 Å². The van der Waals surface area contributed by atoms with Crippen molar-refractivity contribution < 1.29 is 4.74 Å². The van der Waals surface area contributed by atoms with Crippen LogP contribution in [0.3, 0.4) is 0 Å². The molecule has 0 bridgehead atoms. The molecule has 2 heterocycles. The fourth-order valence-electron chi connectivity index (χ4n) is 2.80. The number of hydrogen-bond acceptors (Lipinski definition) is 3. The van der Waals surface area contributed by atoms with Crippen molar-refractivity contribution in [3.8, 4) is 0 Å². The molecule has 1 saturated heterocycles. The number of aromatic nitrogens is 1. The lowest BCUT2D eigenvalue weighted by atomic mass is 9.82. The van der Waals surface area contributed by atoms with Crippen molar-refractivity contribution in [1.82, 2.24) is 4.98 Å². The Morgan fingerprint density at radius 2 is 2.11 bits per heavy atom. The van der Waals surface area contributed by atoms with Crippen LogP contribution in [0.2, 0.25) is 0 Å². The Morgan fingerprint density at radius 1 is 1.17 bits per heavy atom. The Hall–Kier alpha value is -1.45. The van der Waals surface area contributed by atoms with E-state index in [2.05, 4.69) is 29.2 Å². The van der Waals surface area contributed by atoms with Gasteiger partial charge in [0.2, 0.25) is 0 Å². The number of nitrogens with zero attached hydrogens (tertiary/aromatic N) is 1. The van der Waals surface area contributed by atoms with Crippen LogP contribution in [0.1, 0.15) is 24.8 Å². The van der Waals surface area contributed by atoms with Gasteiger partial charge in [-0.1, -0.05) is 18.2 Å². The van der Waals surface area contributed by atoms with E-state index in [1.807, 2.05) is 12.4 Å². The molecule has 1 unspecified atom stereocenters. The highest BCUT2D eigenvalue weighted by Gasteiger charge is 2.29. The summed E-state index contributed by atoms with van der Waals surface area (Å²) in [7, 11) is 0. The first-order chi connectivity index (χ1) is 8.80. The van der Waals surface area contributed by atoms with E-state index in [9.17, 15) is 0 Å². The molecule has 2 aromatic rings. The first-order valence-corrected chi connectivity index (χ1v) is 6.49. The van der Waals surface area contributed by atoms with Gasteiger partial charge in [0, 0.05) is 36.5 Å². The predicted molar refractivity (Wildman–Crippen MR) is 72.3 cm³/mol. The van der Waals surface area contributed by atoms with Gasteiger partial charge in [-0.05, 0) is 36.3 Å². The molecule has 94 valence electrons. The largest absolute Gasteiger partial charge is 0.381 e. The third-order valence-electron chi connectivity index (χ3n) is 3.82. The minimum Gasteiger partial charge on any atom is -0.381 e. The Morgan fingerprint density at radius 3 is 3.06 bits per heavy atom. The minimum atomic E-state index is -0.267. The molecule has 1 aromatic carbocycles. The van der Waals surface area contributed by atoms with Gasteiger partial charge in [0.15, 0.2) is 0 Å². The maximum absolute atomic E-state index is 6.65. The molecule has 0 spiro atoms. The summed E-state index contributed by atoms with van der Waals surface area (Å²) in [5.74, 6) is 0. The van der Waals surface area contributed by atoms with Gasteiger partial charge in [-0.15, -0.1) is 0 Å². The first-order valence-electron chi connectivity index (χ1n) is 6.49. The smallest absolute Gasteiger partial charge is 0.0486 e. The quantitative estimate of drug-likeness (QED) is 0.836. The molecule has 1 fully saturated rings. The monoisotopic (exact) mass is 242 g/mol. The summed E-state index contributed by atoms with van der Waals surface area (Å²) in [6.07, 6.45) is 6.62. The Labute approximate surface area is 107 Å². The van der Waals surface area contributed by atoms with Crippen molar-refractivity contribution in [2.75, 3.05) is 13.2 Å². The van der Waals surface area contributed by atoms with Crippen molar-refractivity contribution >= 4 is 10.8 Å². The molecule has 3 nitrogen and oxygen atoms in total. The van der Waals surface area contributed by atoms with Gasteiger partial charge in [-0.25, -0.2) is 0 Å². The van der Waals surface area contributed by atoms with Crippen LogP contribution in [0.4, 0.5) is 0 Å². The van der Waals surface area contributed by atoms with Crippen LogP contribution < -0.4 is 5.73 Å². The zero-order chi connectivity index (χ0) is 12.4. The van der Waals surface area contributed by atoms with Gasteiger partial charge in [0.05, 0.1) is 0 Å². The third kappa shape index (κ3) is 2.00. The number of hydrogen-bond donors (Lipinski definition) is 1. The SMILES string of the molecule is NC1(c2cccc3cnccc23)CCCOCC1. The van der Waals surface area contributed by atoms with E-state index in [1.165, 1.54) is 10.9 Å². The maximum Gasteiger partial charge on any atom is 0.0486 e. The summed E-state index contributed by atoms with van der Waals surface area (Å²) < 4.78 is 5.53. The molecule has 1 aliphatic rings. The zero-order valence-corrected chi connectivity index (χ0v) is 10.4. The lowest BCUT2D eigenvalue weighted by Crippen LogP contribution is -2.37. The fourth-order valence-corrected chi connectivity index (χ4v) is 2.80. The van der Waals surface area contributed by atoms with Crippen LogP contribution in [0, 0.1) is 0 Å². The first kappa shape index (κ1) is 11.6. The van der Waals surface area contributed by atoms with E-state index in [4.69, 9.17) is 10.5 Å². The molecule has 0 amide bonds. The molecule has 0 saturated carbocycles. The molecule has 0 radical (unpaired) electrons. The third-order valence-corrected chi connectivity index (χ3v) is 3.82. The van der Waals surface area contributed by atoms with Gasteiger partial charge in [0.1, 0.15) is 0 Å². The Bertz CT molecular complexity index is 540. The number of fused-ring (bicyclic) bond motifs is 1. The highest BCUT2D eigenvalue weighted by atomic mass is 16.5. The average Bonchev–Trinajstić information content (AvgIpc) is 2.64. The predicted octanol–water partition coefficient (Wildman–Crippen LogP) is 2.59. The summed E-state index contributed by atoms with van der Waals surface area (Å²) in [5.41, 5.74) is 7.61.